The first-order valence-electron chi connectivity index (χ1n) is 10.5. The molecule has 0 aliphatic carbocycles. The fourth-order valence-corrected chi connectivity index (χ4v) is 5.80. The number of aryl methyl sites for hydroxylation is 1. The molecule has 10 heteroatoms. The Morgan fingerprint density at radius 1 is 1.19 bits per heavy atom. The van der Waals surface area contributed by atoms with Crippen LogP contribution in [0.2, 0.25) is 0 Å². The summed E-state index contributed by atoms with van der Waals surface area (Å²) >= 11 is 0. The monoisotopic (exact) mass is 445 g/mol. The molecule has 0 saturated carbocycles. The number of nitrogens with zero attached hydrogens (tertiary/aromatic N) is 4. The van der Waals surface area contributed by atoms with E-state index in [-0.39, 0.29) is 5.91 Å². The third kappa shape index (κ3) is 4.77. The zero-order chi connectivity index (χ0) is 21.8. The summed E-state index contributed by atoms with van der Waals surface area (Å²) in [5.74, 6) is 0.194. The largest absolute Gasteiger partial charge is 0.379 e. The van der Waals surface area contributed by atoms with Crippen molar-refractivity contribution in [3.63, 3.8) is 0 Å². The van der Waals surface area contributed by atoms with Gasteiger partial charge in [0.2, 0.25) is 0 Å². The average Bonchev–Trinajstić information content (AvgIpc) is 3.29. The van der Waals surface area contributed by atoms with Crippen LogP contribution in [-0.2, 0) is 21.5 Å². The van der Waals surface area contributed by atoms with Gasteiger partial charge in [-0.15, -0.1) is 0 Å². The topological polar surface area (TPSA) is 105 Å². The van der Waals surface area contributed by atoms with Crippen molar-refractivity contribution in [2.45, 2.75) is 32.4 Å². The molecule has 1 atom stereocenters. The number of morpholine rings is 1. The van der Waals surface area contributed by atoms with Crippen molar-refractivity contribution >= 4 is 16.1 Å². The standard InChI is InChI=1S/C21H27N5O4S/c1-16-22-15-18(21(27)23-14-17-6-3-2-4-7-17)20(24-16)19-8-5-9-26(19)31(28,29)25-10-12-30-13-11-25/h2-4,6-7,15,19H,5,8-14H2,1H3,(H,23,27)/t19-/m0/s1. The zero-order valence-electron chi connectivity index (χ0n) is 17.5. The number of nitrogens with one attached hydrogen (secondary N) is 1. The van der Waals surface area contributed by atoms with Gasteiger partial charge in [-0.3, -0.25) is 4.79 Å². The van der Waals surface area contributed by atoms with Crippen LogP contribution in [0.1, 0.15) is 46.3 Å². The lowest BCUT2D eigenvalue weighted by molar-refractivity contribution is 0.0698. The van der Waals surface area contributed by atoms with E-state index in [0.717, 1.165) is 5.56 Å². The maximum Gasteiger partial charge on any atom is 0.282 e. The number of ether oxygens (including phenoxy) is 1. The van der Waals surface area contributed by atoms with Crippen LogP contribution in [0, 0.1) is 6.92 Å². The molecule has 1 aromatic carbocycles. The average molecular weight is 446 g/mol. The molecule has 1 aromatic heterocycles. The predicted octanol–water partition coefficient (Wildman–Crippen LogP) is 1.43. The Morgan fingerprint density at radius 2 is 1.94 bits per heavy atom. The first kappa shape index (κ1) is 21.8. The van der Waals surface area contributed by atoms with Crippen LogP contribution in [0.5, 0.6) is 0 Å². The lowest BCUT2D eigenvalue weighted by atomic mass is 10.1. The molecule has 0 spiro atoms. The molecule has 9 nitrogen and oxygen atoms in total. The lowest BCUT2D eigenvalue weighted by Gasteiger charge is -2.33. The van der Waals surface area contributed by atoms with E-state index in [9.17, 15) is 13.2 Å². The zero-order valence-corrected chi connectivity index (χ0v) is 18.3. The predicted molar refractivity (Wildman–Crippen MR) is 114 cm³/mol. The van der Waals surface area contributed by atoms with Crippen LogP contribution in [0.15, 0.2) is 36.5 Å². The highest BCUT2D eigenvalue weighted by molar-refractivity contribution is 7.86. The molecule has 2 aliphatic heterocycles. The third-order valence-corrected chi connectivity index (χ3v) is 7.64. The summed E-state index contributed by atoms with van der Waals surface area (Å²) in [6.45, 7) is 3.95. The van der Waals surface area contributed by atoms with Crippen molar-refractivity contribution in [1.82, 2.24) is 23.9 Å². The molecular formula is C21H27N5O4S. The van der Waals surface area contributed by atoms with E-state index in [4.69, 9.17) is 4.74 Å². The molecule has 2 aliphatic rings. The molecule has 2 saturated heterocycles. The Bertz CT molecular complexity index is 1030. The number of hydrogen-bond acceptors (Lipinski definition) is 6. The number of benzene rings is 1. The van der Waals surface area contributed by atoms with E-state index in [2.05, 4.69) is 15.3 Å². The fourth-order valence-electron chi connectivity index (χ4n) is 4.01. The number of carbonyl (C=O) groups is 1. The minimum atomic E-state index is -3.68. The number of carbonyl (C=O) groups excluding carboxylic acids is 1. The number of hydrogen-bond donors (Lipinski definition) is 1. The molecule has 3 heterocycles. The van der Waals surface area contributed by atoms with Crippen molar-refractivity contribution in [3.05, 3.63) is 59.2 Å². The van der Waals surface area contributed by atoms with Crippen LogP contribution < -0.4 is 5.32 Å². The van der Waals surface area contributed by atoms with Crippen LogP contribution in [0.3, 0.4) is 0 Å². The van der Waals surface area contributed by atoms with E-state index >= 15 is 0 Å². The maximum absolute atomic E-state index is 13.3. The SMILES string of the molecule is Cc1ncc(C(=O)NCc2ccccc2)c([C@@H]2CCCN2S(=O)(=O)N2CCOCC2)n1. The van der Waals surface area contributed by atoms with Gasteiger partial charge in [0.1, 0.15) is 5.82 Å². The highest BCUT2D eigenvalue weighted by atomic mass is 32.2. The van der Waals surface area contributed by atoms with Gasteiger partial charge in [-0.05, 0) is 25.3 Å². The first-order chi connectivity index (χ1) is 15.0. The minimum absolute atomic E-state index is 0.311. The van der Waals surface area contributed by atoms with E-state index < -0.39 is 16.3 Å². The highest BCUT2D eigenvalue weighted by Crippen LogP contribution is 2.36. The molecule has 31 heavy (non-hydrogen) atoms. The second-order valence-corrected chi connectivity index (χ2v) is 9.55. The van der Waals surface area contributed by atoms with Gasteiger partial charge in [0.05, 0.1) is 30.5 Å². The van der Waals surface area contributed by atoms with Crippen molar-refractivity contribution in [2.75, 3.05) is 32.8 Å². The van der Waals surface area contributed by atoms with Gasteiger partial charge in [-0.1, -0.05) is 30.3 Å². The Hall–Kier alpha value is -2.40. The second kappa shape index (κ2) is 9.39. The van der Waals surface area contributed by atoms with E-state index in [1.165, 1.54) is 14.8 Å². The Balaban J connectivity index is 1.59. The summed E-state index contributed by atoms with van der Waals surface area (Å²) in [5.41, 5.74) is 1.76. The summed E-state index contributed by atoms with van der Waals surface area (Å²) < 4.78 is 34.8. The van der Waals surface area contributed by atoms with Crippen molar-refractivity contribution < 1.29 is 17.9 Å². The summed E-state index contributed by atoms with van der Waals surface area (Å²) in [4.78, 5) is 21.7. The molecular weight excluding hydrogens is 418 g/mol. The van der Waals surface area contributed by atoms with Gasteiger partial charge in [-0.25, -0.2) is 9.97 Å². The van der Waals surface area contributed by atoms with E-state index in [1.54, 1.807) is 6.92 Å². The van der Waals surface area contributed by atoms with Crippen LogP contribution in [0.25, 0.3) is 0 Å². The number of amides is 1. The van der Waals surface area contributed by atoms with E-state index in [1.807, 2.05) is 30.3 Å². The Labute approximate surface area is 182 Å². The first-order valence-corrected chi connectivity index (χ1v) is 11.9. The normalized spacial score (nSPS) is 20.6. The van der Waals surface area contributed by atoms with Crippen LogP contribution in [-0.4, -0.2) is 65.8 Å². The third-order valence-electron chi connectivity index (χ3n) is 5.59. The van der Waals surface area contributed by atoms with Gasteiger partial charge in [-0.2, -0.15) is 17.0 Å². The Morgan fingerprint density at radius 3 is 2.68 bits per heavy atom. The summed E-state index contributed by atoms with van der Waals surface area (Å²) in [7, 11) is -3.68. The minimum Gasteiger partial charge on any atom is -0.379 e. The van der Waals surface area contributed by atoms with Gasteiger partial charge in [0.25, 0.3) is 16.1 Å². The molecule has 2 aromatic rings. The molecule has 0 bridgehead atoms. The highest BCUT2D eigenvalue weighted by Gasteiger charge is 2.41. The number of aromatic nitrogens is 2. The molecule has 1 amide bonds. The molecule has 166 valence electrons. The van der Waals surface area contributed by atoms with Crippen LogP contribution in [0.4, 0.5) is 0 Å². The van der Waals surface area contributed by atoms with Gasteiger partial charge < -0.3 is 10.1 Å². The van der Waals surface area contributed by atoms with Crippen molar-refractivity contribution in [1.29, 1.82) is 0 Å². The molecule has 0 unspecified atom stereocenters. The molecule has 4 rings (SSSR count). The summed E-state index contributed by atoms with van der Waals surface area (Å²) in [5, 5.41) is 2.90. The van der Waals surface area contributed by atoms with Gasteiger partial charge in [0.15, 0.2) is 0 Å². The smallest absolute Gasteiger partial charge is 0.282 e. The van der Waals surface area contributed by atoms with Crippen molar-refractivity contribution in [2.24, 2.45) is 0 Å². The molecule has 0 radical (unpaired) electrons. The summed E-state index contributed by atoms with van der Waals surface area (Å²) in [6.07, 6.45) is 2.82. The second-order valence-electron chi connectivity index (χ2n) is 7.67. The lowest BCUT2D eigenvalue weighted by Crippen LogP contribution is -2.48. The Kier molecular flexibility index (Phi) is 6.61. The van der Waals surface area contributed by atoms with Gasteiger partial charge in [0, 0.05) is 32.4 Å². The molecule has 2 fully saturated rings. The van der Waals surface area contributed by atoms with Crippen LogP contribution >= 0.6 is 0 Å². The van der Waals surface area contributed by atoms with Crippen molar-refractivity contribution in [3.8, 4) is 0 Å². The number of rotatable bonds is 6. The quantitative estimate of drug-likeness (QED) is 0.721. The molecule has 1 N–H and O–H groups in total. The maximum atomic E-state index is 13.3. The van der Waals surface area contributed by atoms with E-state index in [0.29, 0.717) is 69.3 Å². The summed E-state index contributed by atoms with van der Waals surface area (Å²) in [6, 6.07) is 9.11. The van der Waals surface area contributed by atoms with Gasteiger partial charge >= 0.3 is 0 Å². The fraction of sp³-hybridized carbons (Fsp3) is 0.476.